The van der Waals surface area contributed by atoms with E-state index in [1.807, 2.05) is 0 Å². The van der Waals surface area contributed by atoms with Crippen molar-refractivity contribution in [3.05, 3.63) is 53.1 Å². The van der Waals surface area contributed by atoms with Crippen LogP contribution in [0.3, 0.4) is 0 Å². The van der Waals surface area contributed by atoms with Crippen molar-refractivity contribution in [2.45, 2.75) is 24.4 Å². The number of aliphatic hydroxyl groups excluding tert-OH is 2. The number of rotatable bonds is 7. The fourth-order valence-electron chi connectivity index (χ4n) is 2.85. The van der Waals surface area contributed by atoms with Crippen LogP contribution in [0, 0.1) is 0 Å². The maximum atomic E-state index is 14.2. The third-order valence-electron chi connectivity index (χ3n) is 4.43. The Hall–Kier alpha value is -3.62. The second-order valence-electron chi connectivity index (χ2n) is 6.72. The lowest BCUT2D eigenvalue weighted by Crippen LogP contribution is -2.41. The number of hydrogen-bond donors (Lipinski definition) is 4. The van der Waals surface area contributed by atoms with Crippen molar-refractivity contribution in [3.8, 4) is 5.75 Å². The minimum atomic E-state index is -3.86. The van der Waals surface area contributed by atoms with Crippen LogP contribution in [0.1, 0.15) is 6.23 Å². The largest absolute Gasteiger partial charge is 0.447 e. The molecule has 14 heteroatoms. The minimum Gasteiger partial charge on any atom is -0.447 e. The van der Waals surface area contributed by atoms with Gasteiger partial charge in [0.15, 0.2) is 6.10 Å². The maximum absolute atomic E-state index is 14.2. The molecule has 2 amide bonds. The van der Waals surface area contributed by atoms with Gasteiger partial charge in [-0.15, -0.1) is 0 Å². The molecule has 33 heavy (non-hydrogen) atoms. The molecule has 3 rings (SSSR count). The molecule has 0 spiro atoms. The molecule has 3 atom stereocenters. The van der Waals surface area contributed by atoms with Crippen LogP contribution in [0.25, 0.3) is 0 Å². The molecule has 0 aliphatic carbocycles. The van der Waals surface area contributed by atoms with E-state index in [9.17, 15) is 28.3 Å². The second-order valence-corrected chi connectivity index (χ2v) is 6.72. The van der Waals surface area contributed by atoms with Crippen molar-refractivity contribution < 1.29 is 42.8 Å². The number of alkyl halides is 2. The number of carbonyl (C=O) groups excluding carboxylic acids is 2. The van der Waals surface area contributed by atoms with Crippen LogP contribution in [-0.2, 0) is 9.47 Å². The zero-order valence-electron chi connectivity index (χ0n) is 16.9. The first-order valence-electron chi connectivity index (χ1n) is 9.58. The molecule has 2 heterocycles. The molecule has 1 aliphatic rings. The number of aromatic nitrogens is 2. The molecule has 178 valence electrons. The molecule has 1 saturated heterocycles. The van der Waals surface area contributed by atoms with E-state index >= 15 is 0 Å². The van der Waals surface area contributed by atoms with Gasteiger partial charge < -0.3 is 29.7 Å². The lowest BCUT2D eigenvalue weighted by atomic mass is 10.1. The first-order valence-corrected chi connectivity index (χ1v) is 9.58. The highest BCUT2D eigenvalue weighted by Crippen LogP contribution is 2.41. The summed E-state index contributed by atoms with van der Waals surface area (Å²) in [5.74, 6) is -3.82. The summed E-state index contributed by atoms with van der Waals surface area (Å²) in [6, 6.07) is 9.32. The van der Waals surface area contributed by atoms with Crippen molar-refractivity contribution in [1.82, 2.24) is 14.9 Å². The lowest BCUT2D eigenvalue weighted by Gasteiger charge is -2.21. The van der Waals surface area contributed by atoms with Gasteiger partial charge >= 0.3 is 23.8 Å². The highest BCUT2D eigenvalue weighted by atomic mass is 19.3. The summed E-state index contributed by atoms with van der Waals surface area (Å²) in [6.45, 7) is -1.19. The SMILES string of the molecule is O=C(Nc1ccn([C@@H]2O[C@H](CO)[C@@H](O)C2(F)F)c(=O)n1)OCCNC(=O)Oc1ccccc1. The Kier molecular flexibility index (Phi) is 7.52. The van der Waals surface area contributed by atoms with Gasteiger partial charge in [-0.3, -0.25) is 9.88 Å². The second kappa shape index (κ2) is 10.3. The summed E-state index contributed by atoms with van der Waals surface area (Å²) >= 11 is 0. The van der Waals surface area contributed by atoms with Gasteiger partial charge in [0, 0.05) is 6.20 Å². The zero-order valence-corrected chi connectivity index (χ0v) is 16.9. The number of ether oxygens (including phenoxy) is 3. The summed E-state index contributed by atoms with van der Waals surface area (Å²) in [5.41, 5.74) is -1.20. The molecule has 1 aliphatic heterocycles. The predicted molar refractivity (Wildman–Crippen MR) is 106 cm³/mol. The number of amides is 2. The van der Waals surface area contributed by atoms with Gasteiger partial charge in [-0.05, 0) is 18.2 Å². The normalized spacial score (nSPS) is 21.3. The Balaban J connectivity index is 1.47. The van der Waals surface area contributed by atoms with Crippen molar-refractivity contribution in [3.63, 3.8) is 0 Å². The molecule has 0 saturated carbocycles. The van der Waals surface area contributed by atoms with E-state index in [1.165, 1.54) is 0 Å². The van der Waals surface area contributed by atoms with Crippen molar-refractivity contribution in [2.75, 3.05) is 25.1 Å². The van der Waals surface area contributed by atoms with Crippen molar-refractivity contribution in [1.29, 1.82) is 0 Å². The maximum Gasteiger partial charge on any atom is 0.412 e. The van der Waals surface area contributed by atoms with E-state index in [2.05, 4.69) is 15.6 Å². The summed E-state index contributed by atoms with van der Waals surface area (Å²) in [6.07, 6.45) is -6.97. The van der Waals surface area contributed by atoms with Gasteiger partial charge in [-0.2, -0.15) is 13.8 Å². The summed E-state index contributed by atoms with van der Waals surface area (Å²) < 4.78 is 43.4. The number of aliphatic hydroxyl groups is 2. The lowest BCUT2D eigenvalue weighted by molar-refractivity contribution is -0.140. The van der Waals surface area contributed by atoms with Crippen molar-refractivity contribution in [2.24, 2.45) is 0 Å². The smallest absolute Gasteiger partial charge is 0.412 e. The molecule has 1 aromatic carbocycles. The Labute approximate surface area is 184 Å². The van der Waals surface area contributed by atoms with Gasteiger partial charge in [-0.1, -0.05) is 18.2 Å². The Bertz CT molecular complexity index is 1040. The number of carbonyl (C=O) groups is 2. The number of nitrogens with one attached hydrogen (secondary N) is 2. The molecule has 0 bridgehead atoms. The number of para-hydroxylation sites is 1. The highest BCUT2D eigenvalue weighted by Gasteiger charge is 2.59. The molecular weight excluding hydrogens is 450 g/mol. The standard InChI is InChI=1S/C19H20F2N4O8/c20-19(21)14(27)12(10-26)33-15(19)25-8-6-13(23-16(25)28)24-18(30)31-9-7-22-17(29)32-11-4-2-1-3-5-11/h1-6,8,12,14-15,26-27H,7,9-10H2,(H,22,29)(H,23,24,28,30)/t12-,14-,15-/m1/s1. The van der Waals surface area contributed by atoms with Crippen LogP contribution in [0.5, 0.6) is 5.75 Å². The molecular formula is C19H20F2N4O8. The van der Waals surface area contributed by atoms with E-state index in [0.717, 1.165) is 12.3 Å². The summed E-state index contributed by atoms with van der Waals surface area (Å²) in [4.78, 5) is 39.0. The van der Waals surface area contributed by atoms with E-state index in [4.69, 9.17) is 19.3 Å². The summed E-state index contributed by atoms with van der Waals surface area (Å²) in [5, 5.41) is 23.1. The molecule has 12 nitrogen and oxygen atoms in total. The first-order chi connectivity index (χ1) is 15.7. The molecule has 0 radical (unpaired) electrons. The van der Waals surface area contributed by atoms with Crippen molar-refractivity contribution >= 4 is 18.0 Å². The Morgan fingerprint density at radius 1 is 1.21 bits per heavy atom. The number of nitrogens with zero attached hydrogens (tertiary/aromatic N) is 2. The van der Waals surface area contributed by atoms with Gasteiger partial charge in [-0.25, -0.2) is 14.4 Å². The zero-order chi connectivity index (χ0) is 24.0. The summed E-state index contributed by atoms with van der Waals surface area (Å²) in [7, 11) is 0. The number of benzene rings is 1. The predicted octanol–water partition coefficient (Wildman–Crippen LogP) is 0.466. The van der Waals surface area contributed by atoms with E-state index in [1.54, 1.807) is 30.3 Å². The van der Waals surface area contributed by atoms with E-state index in [-0.39, 0.29) is 19.0 Å². The quantitative estimate of drug-likeness (QED) is 0.422. The third kappa shape index (κ3) is 5.79. The molecule has 0 unspecified atom stereocenters. The molecule has 1 fully saturated rings. The highest BCUT2D eigenvalue weighted by molar-refractivity contribution is 5.83. The van der Waals surface area contributed by atoms with Crippen LogP contribution < -0.4 is 21.1 Å². The van der Waals surface area contributed by atoms with E-state index < -0.39 is 48.8 Å². The van der Waals surface area contributed by atoms with Crippen LogP contribution in [0.15, 0.2) is 47.4 Å². The first kappa shape index (κ1) is 24.0. The van der Waals surface area contributed by atoms with Crippen LogP contribution >= 0.6 is 0 Å². The van der Waals surface area contributed by atoms with Gasteiger partial charge in [0.25, 0.3) is 0 Å². The fourth-order valence-corrected chi connectivity index (χ4v) is 2.85. The molecule has 2 aromatic rings. The van der Waals surface area contributed by atoms with Crippen LogP contribution in [0.2, 0.25) is 0 Å². The number of hydrogen-bond acceptors (Lipinski definition) is 9. The number of anilines is 1. The van der Waals surface area contributed by atoms with Crippen LogP contribution in [-0.4, -0.2) is 69.8 Å². The van der Waals surface area contributed by atoms with Gasteiger partial charge in [0.1, 0.15) is 24.3 Å². The van der Waals surface area contributed by atoms with Crippen LogP contribution in [0.4, 0.5) is 24.2 Å². The monoisotopic (exact) mass is 470 g/mol. The Morgan fingerprint density at radius 3 is 2.58 bits per heavy atom. The Morgan fingerprint density at radius 2 is 1.94 bits per heavy atom. The minimum absolute atomic E-state index is 0.0729. The molecule has 1 aromatic heterocycles. The molecule has 4 N–H and O–H groups in total. The van der Waals surface area contributed by atoms with Gasteiger partial charge in [0.05, 0.1) is 13.2 Å². The average molecular weight is 470 g/mol. The topological polar surface area (TPSA) is 161 Å². The third-order valence-corrected chi connectivity index (χ3v) is 4.43. The fraction of sp³-hybridized carbons (Fsp3) is 0.368. The van der Waals surface area contributed by atoms with Gasteiger partial charge in [0.2, 0.25) is 6.23 Å². The average Bonchev–Trinajstić information content (AvgIpc) is 3.01. The van der Waals surface area contributed by atoms with E-state index in [0.29, 0.717) is 10.3 Å². The number of halogens is 2.